The molecule has 2 aliphatic heterocycles. The van der Waals surface area contributed by atoms with E-state index in [0.717, 1.165) is 67.2 Å². The molecule has 0 spiro atoms. The smallest absolute Gasteiger partial charge is 0.223 e. The predicted molar refractivity (Wildman–Crippen MR) is 155 cm³/mol. The fraction of sp³-hybridized carbons (Fsp3) is 0.353. The number of carbonyl (C=O) groups excluding carboxylic acids is 1. The van der Waals surface area contributed by atoms with Crippen LogP contribution in [0.25, 0.3) is 10.9 Å². The van der Waals surface area contributed by atoms with Crippen LogP contribution in [0.3, 0.4) is 0 Å². The van der Waals surface area contributed by atoms with Gasteiger partial charge in [0.25, 0.3) is 0 Å². The SMILES string of the molecule is Cc1c(COc2cccc3c2CN(C(=O)CC2CCOCC2)CC3)nc2ccc(F)cc2c1OCc1ccccc1. The van der Waals surface area contributed by atoms with Gasteiger partial charge >= 0.3 is 0 Å². The molecule has 0 bridgehead atoms. The van der Waals surface area contributed by atoms with Crippen molar-refractivity contribution in [2.75, 3.05) is 19.8 Å². The Labute approximate surface area is 240 Å². The summed E-state index contributed by atoms with van der Waals surface area (Å²) in [5.74, 6) is 1.64. The molecule has 0 N–H and O–H groups in total. The van der Waals surface area contributed by atoms with Crippen LogP contribution >= 0.6 is 0 Å². The van der Waals surface area contributed by atoms with E-state index >= 15 is 0 Å². The van der Waals surface area contributed by atoms with Gasteiger partial charge in [0.1, 0.15) is 30.5 Å². The Kier molecular flexibility index (Phi) is 8.14. The Balaban J connectivity index is 1.21. The minimum Gasteiger partial charge on any atom is -0.488 e. The summed E-state index contributed by atoms with van der Waals surface area (Å²) < 4.78 is 32.3. The summed E-state index contributed by atoms with van der Waals surface area (Å²) in [6.45, 7) is 5.29. The lowest BCUT2D eigenvalue weighted by Crippen LogP contribution is -2.37. The fourth-order valence-electron chi connectivity index (χ4n) is 5.78. The molecule has 3 aromatic carbocycles. The van der Waals surface area contributed by atoms with Crippen LogP contribution < -0.4 is 9.47 Å². The minimum absolute atomic E-state index is 0.205. The normalized spacial score (nSPS) is 15.5. The molecule has 212 valence electrons. The Hall–Kier alpha value is -3.97. The lowest BCUT2D eigenvalue weighted by molar-refractivity contribution is -0.133. The zero-order chi connectivity index (χ0) is 28.2. The maximum absolute atomic E-state index is 14.2. The third-order valence-electron chi connectivity index (χ3n) is 8.21. The van der Waals surface area contributed by atoms with Crippen LogP contribution in [0.15, 0.2) is 66.7 Å². The summed E-state index contributed by atoms with van der Waals surface area (Å²) in [6.07, 6.45) is 3.29. The first kappa shape index (κ1) is 27.2. The molecule has 7 heteroatoms. The van der Waals surface area contributed by atoms with E-state index in [-0.39, 0.29) is 18.3 Å². The topological polar surface area (TPSA) is 60.9 Å². The first-order valence-electron chi connectivity index (χ1n) is 14.4. The maximum Gasteiger partial charge on any atom is 0.223 e. The molecular formula is C34H35FN2O4. The molecular weight excluding hydrogens is 519 g/mol. The third-order valence-corrected chi connectivity index (χ3v) is 8.21. The molecule has 4 aromatic rings. The Morgan fingerprint density at radius 1 is 1.02 bits per heavy atom. The van der Waals surface area contributed by atoms with Crippen LogP contribution in [0.2, 0.25) is 0 Å². The van der Waals surface area contributed by atoms with Crippen molar-refractivity contribution in [3.05, 3.63) is 100 Å². The number of carbonyl (C=O) groups is 1. The number of rotatable bonds is 8. The number of aromatic nitrogens is 1. The highest BCUT2D eigenvalue weighted by Crippen LogP contribution is 2.34. The molecule has 41 heavy (non-hydrogen) atoms. The number of hydrogen-bond donors (Lipinski definition) is 0. The van der Waals surface area contributed by atoms with Gasteiger partial charge in [-0.3, -0.25) is 4.79 Å². The molecule has 0 unspecified atom stereocenters. The van der Waals surface area contributed by atoms with Gasteiger partial charge in [-0.2, -0.15) is 0 Å². The van der Waals surface area contributed by atoms with E-state index in [9.17, 15) is 9.18 Å². The van der Waals surface area contributed by atoms with Gasteiger partial charge in [-0.15, -0.1) is 0 Å². The van der Waals surface area contributed by atoms with Crippen LogP contribution in [0, 0.1) is 18.7 Å². The van der Waals surface area contributed by atoms with Crippen LogP contribution in [0.4, 0.5) is 4.39 Å². The summed E-state index contributed by atoms with van der Waals surface area (Å²) in [5, 5.41) is 0.637. The highest BCUT2D eigenvalue weighted by Gasteiger charge is 2.26. The van der Waals surface area contributed by atoms with E-state index in [2.05, 4.69) is 6.07 Å². The summed E-state index contributed by atoms with van der Waals surface area (Å²) in [5.41, 5.74) is 5.49. The van der Waals surface area contributed by atoms with Gasteiger partial charge in [-0.25, -0.2) is 9.37 Å². The van der Waals surface area contributed by atoms with Crippen molar-refractivity contribution in [3.8, 4) is 11.5 Å². The van der Waals surface area contributed by atoms with Crippen LogP contribution in [0.5, 0.6) is 11.5 Å². The lowest BCUT2D eigenvalue weighted by Gasteiger charge is -2.32. The van der Waals surface area contributed by atoms with Gasteiger partial charge in [0.05, 0.1) is 11.2 Å². The average Bonchev–Trinajstić information content (AvgIpc) is 3.00. The number of amides is 1. The van der Waals surface area contributed by atoms with Crippen molar-refractivity contribution in [1.82, 2.24) is 9.88 Å². The Morgan fingerprint density at radius 2 is 1.85 bits per heavy atom. The minimum atomic E-state index is -0.334. The van der Waals surface area contributed by atoms with Crippen LogP contribution in [-0.2, 0) is 35.7 Å². The molecule has 0 aliphatic carbocycles. The number of hydrogen-bond acceptors (Lipinski definition) is 5. The number of nitrogens with zero attached hydrogens (tertiary/aromatic N) is 2. The van der Waals surface area contributed by atoms with E-state index in [4.69, 9.17) is 19.2 Å². The summed E-state index contributed by atoms with van der Waals surface area (Å²) >= 11 is 0. The molecule has 0 radical (unpaired) electrons. The predicted octanol–water partition coefficient (Wildman–Crippen LogP) is 6.54. The van der Waals surface area contributed by atoms with E-state index in [0.29, 0.717) is 42.1 Å². The Morgan fingerprint density at radius 3 is 2.68 bits per heavy atom. The van der Waals surface area contributed by atoms with Crippen molar-refractivity contribution >= 4 is 16.8 Å². The quantitative estimate of drug-likeness (QED) is 0.248. The molecule has 3 heterocycles. The zero-order valence-corrected chi connectivity index (χ0v) is 23.4. The van der Waals surface area contributed by atoms with Crippen LogP contribution in [0.1, 0.15) is 47.2 Å². The second-order valence-electron chi connectivity index (χ2n) is 11.0. The van der Waals surface area contributed by atoms with E-state index in [1.165, 1.54) is 17.7 Å². The van der Waals surface area contributed by atoms with Gasteiger partial charge in [0, 0.05) is 49.2 Å². The van der Waals surface area contributed by atoms with Gasteiger partial charge in [-0.1, -0.05) is 42.5 Å². The van der Waals surface area contributed by atoms with Gasteiger partial charge in [0.15, 0.2) is 0 Å². The molecule has 0 saturated carbocycles. The molecule has 2 aliphatic rings. The fourth-order valence-corrected chi connectivity index (χ4v) is 5.78. The van der Waals surface area contributed by atoms with Crippen molar-refractivity contribution in [2.24, 2.45) is 5.92 Å². The van der Waals surface area contributed by atoms with E-state index in [1.807, 2.05) is 54.3 Å². The largest absolute Gasteiger partial charge is 0.488 e. The second-order valence-corrected chi connectivity index (χ2v) is 11.0. The number of pyridine rings is 1. The molecule has 1 amide bonds. The number of halogens is 1. The molecule has 6 rings (SSSR count). The highest BCUT2D eigenvalue weighted by atomic mass is 19.1. The Bertz CT molecular complexity index is 1540. The first-order valence-corrected chi connectivity index (χ1v) is 14.4. The molecule has 1 aromatic heterocycles. The zero-order valence-electron chi connectivity index (χ0n) is 23.4. The summed E-state index contributed by atoms with van der Waals surface area (Å²) in [4.78, 5) is 19.9. The van der Waals surface area contributed by atoms with Crippen molar-refractivity contribution in [3.63, 3.8) is 0 Å². The monoisotopic (exact) mass is 554 g/mol. The molecule has 1 saturated heterocycles. The highest BCUT2D eigenvalue weighted by molar-refractivity contribution is 5.86. The van der Waals surface area contributed by atoms with Gasteiger partial charge in [-0.05, 0) is 67.5 Å². The summed E-state index contributed by atoms with van der Waals surface area (Å²) in [7, 11) is 0. The average molecular weight is 555 g/mol. The van der Waals surface area contributed by atoms with Crippen molar-refractivity contribution < 1.29 is 23.4 Å². The van der Waals surface area contributed by atoms with E-state index in [1.54, 1.807) is 6.07 Å². The number of benzene rings is 3. The van der Waals surface area contributed by atoms with Crippen LogP contribution in [-0.4, -0.2) is 35.5 Å². The third kappa shape index (κ3) is 6.20. The van der Waals surface area contributed by atoms with Crippen molar-refractivity contribution in [1.29, 1.82) is 0 Å². The summed E-state index contributed by atoms with van der Waals surface area (Å²) in [6, 6.07) is 20.5. The van der Waals surface area contributed by atoms with Gasteiger partial charge in [0.2, 0.25) is 5.91 Å². The van der Waals surface area contributed by atoms with Crippen molar-refractivity contribution in [2.45, 2.75) is 52.4 Å². The second kappa shape index (κ2) is 12.3. The number of fused-ring (bicyclic) bond motifs is 2. The van der Waals surface area contributed by atoms with E-state index < -0.39 is 0 Å². The number of ether oxygens (including phenoxy) is 3. The molecule has 1 fully saturated rings. The standard InChI is InChI=1S/C34H35FN2O4/c1-23-31(36-30-11-10-27(35)19-28(30)34(23)41-21-25-6-3-2-4-7-25)22-40-32-9-5-8-26-12-15-37(20-29(26)32)33(38)18-24-13-16-39-17-14-24/h2-11,19,24H,12-18,20-22H2,1H3. The molecule has 6 nitrogen and oxygen atoms in total. The lowest BCUT2D eigenvalue weighted by atomic mass is 9.94. The van der Waals surface area contributed by atoms with Gasteiger partial charge < -0.3 is 19.1 Å². The first-order chi connectivity index (χ1) is 20.0. The maximum atomic E-state index is 14.2. The molecule has 0 atom stereocenters.